The molecule has 1 aromatic heterocycles. The summed E-state index contributed by atoms with van der Waals surface area (Å²) in [4.78, 5) is 8.78. The van der Waals surface area contributed by atoms with Gasteiger partial charge in [0.25, 0.3) is 0 Å². The monoisotopic (exact) mass is 201 g/mol. The first-order chi connectivity index (χ1) is 7.22. The Balaban J connectivity index is 2.72. The second kappa shape index (κ2) is 3.65. The van der Waals surface area contributed by atoms with Gasteiger partial charge in [-0.3, -0.25) is 0 Å². The highest BCUT2D eigenvalue weighted by molar-refractivity contribution is 5.98. The summed E-state index contributed by atoms with van der Waals surface area (Å²) in [5.41, 5.74) is 3.54. The van der Waals surface area contributed by atoms with E-state index in [1.165, 1.54) is 0 Å². The summed E-state index contributed by atoms with van der Waals surface area (Å²) in [5, 5.41) is 11.8. The average molecular weight is 201 g/mol. The fraction of sp³-hybridized carbons (Fsp3) is 0.182. The average Bonchev–Trinajstić information content (AvgIpc) is 2.27. The van der Waals surface area contributed by atoms with Crippen LogP contribution in [0.2, 0.25) is 0 Å². The predicted octanol–water partition coefficient (Wildman–Crippen LogP) is 2.14. The Morgan fingerprint density at radius 2 is 1.80 bits per heavy atom. The van der Waals surface area contributed by atoms with Crippen LogP contribution in [0.25, 0.3) is 11.0 Å². The molecule has 4 heteroatoms. The lowest BCUT2D eigenvalue weighted by atomic mass is 10.2. The smallest absolute Gasteiger partial charge is 0.109 e. The SMILES string of the molecule is C/C(=N\O)c1nc2ccccc2nc1C. The fourth-order valence-electron chi connectivity index (χ4n) is 1.48. The van der Waals surface area contributed by atoms with Crippen molar-refractivity contribution in [3.8, 4) is 0 Å². The zero-order valence-corrected chi connectivity index (χ0v) is 8.60. The van der Waals surface area contributed by atoms with Crippen molar-refractivity contribution in [3.05, 3.63) is 35.7 Å². The Labute approximate surface area is 87.3 Å². The van der Waals surface area contributed by atoms with E-state index in [0.717, 1.165) is 16.7 Å². The molecule has 1 heterocycles. The van der Waals surface area contributed by atoms with E-state index < -0.39 is 0 Å². The number of hydrogen-bond acceptors (Lipinski definition) is 4. The van der Waals surface area contributed by atoms with Crippen molar-refractivity contribution < 1.29 is 5.21 Å². The van der Waals surface area contributed by atoms with Crippen molar-refractivity contribution in [1.29, 1.82) is 0 Å². The number of nitrogens with zero attached hydrogens (tertiary/aromatic N) is 3. The molecule has 0 aliphatic rings. The number of benzene rings is 1. The Bertz CT molecular complexity index is 534. The van der Waals surface area contributed by atoms with Crippen molar-refractivity contribution in [3.63, 3.8) is 0 Å². The third-order valence-electron chi connectivity index (χ3n) is 2.24. The molecule has 0 radical (unpaired) electrons. The van der Waals surface area contributed by atoms with Gasteiger partial charge in [0.2, 0.25) is 0 Å². The summed E-state index contributed by atoms with van der Waals surface area (Å²) >= 11 is 0. The number of rotatable bonds is 1. The number of oxime groups is 1. The van der Waals surface area contributed by atoms with E-state index in [-0.39, 0.29) is 0 Å². The quantitative estimate of drug-likeness (QED) is 0.437. The molecular formula is C11H11N3O. The molecule has 4 nitrogen and oxygen atoms in total. The zero-order valence-electron chi connectivity index (χ0n) is 8.60. The van der Waals surface area contributed by atoms with Gasteiger partial charge in [-0.2, -0.15) is 0 Å². The molecule has 76 valence electrons. The van der Waals surface area contributed by atoms with E-state index >= 15 is 0 Å². The Morgan fingerprint density at radius 1 is 1.20 bits per heavy atom. The van der Waals surface area contributed by atoms with Crippen LogP contribution in [0.5, 0.6) is 0 Å². The van der Waals surface area contributed by atoms with Gasteiger partial charge >= 0.3 is 0 Å². The molecule has 1 N–H and O–H groups in total. The van der Waals surface area contributed by atoms with Gasteiger partial charge in [-0.05, 0) is 26.0 Å². The summed E-state index contributed by atoms with van der Waals surface area (Å²) in [6.07, 6.45) is 0. The third-order valence-corrected chi connectivity index (χ3v) is 2.24. The Morgan fingerprint density at radius 3 is 2.40 bits per heavy atom. The highest BCUT2D eigenvalue weighted by Gasteiger charge is 2.07. The minimum Gasteiger partial charge on any atom is -0.411 e. The first kappa shape index (κ1) is 9.58. The van der Waals surface area contributed by atoms with Gasteiger partial charge in [-0.15, -0.1) is 0 Å². The molecule has 2 aromatic rings. The third kappa shape index (κ3) is 1.66. The lowest BCUT2D eigenvalue weighted by Gasteiger charge is -2.04. The van der Waals surface area contributed by atoms with Gasteiger partial charge in [0.05, 0.1) is 16.7 Å². The maximum atomic E-state index is 8.70. The number of fused-ring (bicyclic) bond motifs is 1. The molecule has 0 atom stereocenters. The fourth-order valence-corrected chi connectivity index (χ4v) is 1.48. The molecule has 0 spiro atoms. The molecule has 0 bridgehead atoms. The second-order valence-electron chi connectivity index (χ2n) is 3.33. The molecular weight excluding hydrogens is 190 g/mol. The van der Waals surface area contributed by atoms with Crippen LogP contribution in [-0.4, -0.2) is 20.9 Å². The van der Waals surface area contributed by atoms with Gasteiger partial charge < -0.3 is 5.21 Å². The molecule has 0 aliphatic heterocycles. The van der Waals surface area contributed by atoms with Crippen LogP contribution in [-0.2, 0) is 0 Å². The minimum atomic E-state index is 0.478. The first-order valence-corrected chi connectivity index (χ1v) is 4.65. The molecule has 15 heavy (non-hydrogen) atoms. The van der Waals surface area contributed by atoms with E-state index in [1.807, 2.05) is 31.2 Å². The molecule has 0 saturated heterocycles. The Hall–Kier alpha value is -1.97. The zero-order chi connectivity index (χ0) is 10.8. The summed E-state index contributed by atoms with van der Waals surface area (Å²) in [5.74, 6) is 0. The second-order valence-corrected chi connectivity index (χ2v) is 3.33. The van der Waals surface area contributed by atoms with Crippen LogP contribution in [0.1, 0.15) is 18.3 Å². The lowest BCUT2D eigenvalue weighted by Crippen LogP contribution is -2.04. The predicted molar refractivity (Wildman–Crippen MR) is 58.3 cm³/mol. The van der Waals surface area contributed by atoms with Crippen LogP contribution in [0, 0.1) is 6.92 Å². The molecule has 0 unspecified atom stereocenters. The van der Waals surface area contributed by atoms with Gasteiger partial charge in [0.15, 0.2) is 0 Å². The highest BCUT2D eigenvalue weighted by Crippen LogP contribution is 2.12. The summed E-state index contributed by atoms with van der Waals surface area (Å²) in [6.45, 7) is 3.55. The molecule has 2 rings (SSSR count). The largest absolute Gasteiger partial charge is 0.411 e. The van der Waals surface area contributed by atoms with Gasteiger partial charge in [0, 0.05) is 0 Å². The highest BCUT2D eigenvalue weighted by atomic mass is 16.4. The summed E-state index contributed by atoms with van der Waals surface area (Å²) in [6, 6.07) is 7.62. The van der Waals surface area contributed by atoms with Gasteiger partial charge in [0.1, 0.15) is 11.4 Å². The topological polar surface area (TPSA) is 58.4 Å². The standard InChI is InChI=1S/C11H11N3O/c1-7-11(8(2)14-15)13-10-6-4-3-5-9(10)12-7/h3-6,15H,1-2H3/b14-8+. The van der Waals surface area contributed by atoms with Crippen molar-refractivity contribution >= 4 is 16.7 Å². The number of para-hydroxylation sites is 2. The molecule has 0 fully saturated rings. The van der Waals surface area contributed by atoms with Crippen LogP contribution >= 0.6 is 0 Å². The Kier molecular flexibility index (Phi) is 2.33. The summed E-state index contributed by atoms with van der Waals surface area (Å²) < 4.78 is 0. The minimum absolute atomic E-state index is 0.478. The van der Waals surface area contributed by atoms with E-state index in [1.54, 1.807) is 6.92 Å². The van der Waals surface area contributed by atoms with Crippen molar-refractivity contribution in [2.24, 2.45) is 5.16 Å². The molecule has 0 saturated carbocycles. The van der Waals surface area contributed by atoms with Crippen molar-refractivity contribution in [1.82, 2.24) is 9.97 Å². The number of aryl methyl sites for hydroxylation is 1. The van der Waals surface area contributed by atoms with Gasteiger partial charge in [-0.1, -0.05) is 17.3 Å². The van der Waals surface area contributed by atoms with Crippen LogP contribution < -0.4 is 0 Å². The summed E-state index contributed by atoms with van der Waals surface area (Å²) in [7, 11) is 0. The molecule has 0 amide bonds. The van der Waals surface area contributed by atoms with Crippen LogP contribution in [0.3, 0.4) is 0 Å². The van der Waals surface area contributed by atoms with E-state index in [9.17, 15) is 0 Å². The van der Waals surface area contributed by atoms with E-state index in [0.29, 0.717) is 11.4 Å². The number of aromatic nitrogens is 2. The van der Waals surface area contributed by atoms with E-state index in [2.05, 4.69) is 15.1 Å². The van der Waals surface area contributed by atoms with Crippen molar-refractivity contribution in [2.75, 3.05) is 0 Å². The first-order valence-electron chi connectivity index (χ1n) is 4.65. The number of hydrogen-bond donors (Lipinski definition) is 1. The van der Waals surface area contributed by atoms with Gasteiger partial charge in [-0.25, -0.2) is 9.97 Å². The maximum absolute atomic E-state index is 8.70. The van der Waals surface area contributed by atoms with Crippen LogP contribution in [0.4, 0.5) is 0 Å². The maximum Gasteiger partial charge on any atom is 0.109 e. The van der Waals surface area contributed by atoms with E-state index in [4.69, 9.17) is 5.21 Å². The molecule has 0 aliphatic carbocycles. The molecule has 1 aromatic carbocycles. The lowest BCUT2D eigenvalue weighted by molar-refractivity contribution is 0.319. The normalized spacial score (nSPS) is 12.0. The van der Waals surface area contributed by atoms with Crippen molar-refractivity contribution in [2.45, 2.75) is 13.8 Å². The van der Waals surface area contributed by atoms with Crippen LogP contribution in [0.15, 0.2) is 29.4 Å².